The number of ether oxygens (including phenoxy) is 4. The maximum Gasteiger partial charge on any atom is 0.340 e. The van der Waals surface area contributed by atoms with Gasteiger partial charge in [-0.3, -0.25) is 30.0 Å². The fourth-order valence-corrected chi connectivity index (χ4v) is 19.8. The molecule has 0 saturated heterocycles. The molecule has 0 bridgehead atoms. The Morgan fingerprint density at radius 3 is 1.05 bits per heavy atom. The maximum atomic E-state index is 13.0. The smallest absolute Gasteiger partial charge is 0.340 e. The number of carboxylic acid groups (broad SMARTS) is 2. The number of carbonyl (C=O) groups excluding carboxylic acids is 5. The number of nitrogens with zero attached hydrogens (tertiary/aromatic N) is 4. The molecule has 11 aromatic carbocycles. The van der Waals surface area contributed by atoms with Gasteiger partial charge in [0.2, 0.25) is 0 Å². The van der Waals surface area contributed by atoms with Gasteiger partial charge in [0.25, 0.3) is 5.91 Å². The van der Waals surface area contributed by atoms with Gasteiger partial charge in [-0.1, -0.05) is 201 Å². The molecule has 0 aliphatic rings. The van der Waals surface area contributed by atoms with E-state index in [0.717, 1.165) is 87.5 Å². The lowest BCUT2D eigenvalue weighted by atomic mass is 9.99. The highest BCUT2D eigenvalue weighted by Gasteiger charge is 2.28. The highest BCUT2D eigenvalue weighted by atomic mass is 127. The van der Waals surface area contributed by atoms with Gasteiger partial charge in [0.1, 0.15) is 18.2 Å². The molecular formula is C99H87Cl10IN10O21S2. The molecule has 0 fully saturated rings. The number of aromatic amines is 4. The summed E-state index contributed by atoms with van der Waals surface area (Å²) in [4.78, 5) is 81.8. The largest absolute Gasteiger partial charge is 0.480 e. The number of benzene rings is 11. The van der Waals surface area contributed by atoms with Crippen LogP contribution in [0.15, 0.2) is 217 Å². The lowest BCUT2D eigenvalue weighted by molar-refractivity contribution is -0.142. The molecule has 0 aliphatic heterocycles. The molecule has 0 spiro atoms. The van der Waals surface area contributed by atoms with E-state index in [-0.39, 0.29) is 90.6 Å². The van der Waals surface area contributed by atoms with Crippen LogP contribution in [0.5, 0.6) is 0 Å². The second kappa shape index (κ2) is 52.3. The number of aromatic nitrogens is 8. The van der Waals surface area contributed by atoms with Crippen molar-refractivity contribution in [2.75, 3.05) is 41.0 Å². The van der Waals surface area contributed by atoms with Gasteiger partial charge in [-0.25, -0.2) is 40.8 Å². The van der Waals surface area contributed by atoms with E-state index in [2.05, 4.69) is 99.5 Å². The third-order valence-corrected chi connectivity index (χ3v) is 27.3. The number of nitrogens with two attached hydrogens (primary N) is 1. The zero-order valence-electron chi connectivity index (χ0n) is 75.9. The second-order valence-corrected chi connectivity index (χ2v) is 40.9. The quantitative estimate of drug-likeness (QED) is 0.00984. The summed E-state index contributed by atoms with van der Waals surface area (Å²) >= 11 is 62.8. The molecule has 15 aromatic rings. The topological polar surface area (TPSA) is 499 Å². The SMILES string of the molecule is COC(=O)[C@@H](N)Cc1cccc(S(C)(=O)=O)c1.COC(=O)c1c(Cl)cc(C#CC(O)c2ccc3cn[nH]c3c2)cc1Cl.COC(=O)c1c(Cl)cc(CCC(O)c2ccc3cn[nH]c3c2)cc1Cl.COC(=O)c1c(Cl)cc(I)cc1Cl.CS(=O)(=O)c1cccc(C[C@H](NC(=O)c2c(Cl)cc(CCC(O)c3ccc4cn[nH]c4c3)cc2Cl)C(=O)O)c1.O=C(O)c1c(Cl)cc(CCC(O)c2ccc3cn[nH]c3c2)cc1Cl. The van der Waals surface area contributed by atoms with Gasteiger partial charge in [-0.2, -0.15) is 20.4 Å². The number of aryl methyl sites for hydroxylation is 3. The highest BCUT2D eigenvalue weighted by molar-refractivity contribution is 14.1. The van der Waals surface area contributed by atoms with Crippen molar-refractivity contribution in [2.24, 2.45) is 5.73 Å². The summed E-state index contributed by atoms with van der Waals surface area (Å²) in [5.41, 5.74) is 16.1. The van der Waals surface area contributed by atoms with Crippen molar-refractivity contribution >= 4 is 244 Å². The highest BCUT2D eigenvalue weighted by Crippen LogP contribution is 2.37. The second-order valence-electron chi connectivity index (χ2n) is 31.6. The van der Waals surface area contributed by atoms with Crippen LogP contribution in [0.4, 0.5) is 0 Å². The average molecular weight is 2300 g/mol. The summed E-state index contributed by atoms with van der Waals surface area (Å²) in [6.07, 6.45) is 8.89. The Labute approximate surface area is 882 Å². The number of esters is 4. The number of rotatable bonds is 27. The molecule has 4 aromatic heterocycles. The number of amides is 1. The maximum absolute atomic E-state index is 13.0. The fraction of sp³-hybridized carbons (Fsp3) is 0.202. The van der Waals surface area contributed by atoms with Crippen LogP contribution in [0.2, 0.25) is 50.2 Å². The van der Waals surface area contributed by atoms with E-state index >= 15 is 0 Å². The van der Waals surface area contributed by atoms with Crippen molar-refractivity contribution in [3.05, 3.63) is 344 Å². The van der Waals surface area contributed by atoms with E-state index in [1.54, 1.807) is 104 Å². The zero-order chi connectivity index (χ0) is 105. The number of fused-ring (bicyclic) bond motifs is 4. The van der Waals surface area contributed by atoms with Gasteiger partial charge in [-0.15, -0.1) is 0 Å². The molecule has 6 atom stereocenters. The van der Waals surface area contributed by atoms with E-state index in [9.17, 15) is 75.9 Å². The number of nitrogens with one attached hydrogen (secondary N) is 5. The van der Waals surface area contributed by atoms with Crippen molar-refractivity contribution in [3.63, 3.8) is 0 Å². The van der Waals surface area contributed by atoms with E-state index in [1.165, 1.54) is 70.9 Å². The Hall–Kier alpha value is -11.5. The van der Waals surface area contributed by atoms with E-state index < -0.39 is 97.9 Å². The minimum atomic E-state index is -3.48. The molecule has 1 amide bonds. The molecule has 0 saturated carbocycles. The van der Waals surface area contributed by atoms with Crippen LogP contribution in [0, 0.1) is 15.4 Å². The molecule has 31 nitrogen and oxygen atoms in total. The molecule has 13 N–H and O–H groups in total. The summed E-state index contributed by atoms with van der Waals surface area (Å²) in [6, 6.07) is 48.2. The standard InChI is InChI=1S/C27H25Cl2N3O6S.C18H16Cl2N2O3.C18H12Cl2N2O3.C17H14Cl2N2O3.C11H15NO4S.C8H5Cl2IO2/c1-39(37,38)19-4-2-3-15(9-19)12-23(27(35)36)31-26(34)25-20(28)10-16(11-21(25)29)5-8-24(33)17-6-7-18-14-30-32-22(18)13-17;2*1-25-18(24)17-13(19)6-10(7-14(17)20)2-5-16(23)11-3-4-12-9-21-22-15(12)8-11;18-12-5-9(6-13(19)16(12)17(23)24)1-4-15(22)10-2-3-11-8-20-21-14(11)7-10;1-16-11(13)10(12)7-8-4-3-5-9(6-8)17(2,14)15;1-13-8(12)7-5(9)2-4(11)3-6(7)10/h2-4,6-7,9-11,13-14,23-24,33H,5,8,12H2,1H3,(H,30,32)(H,31,34)(H,35,36);3-4,6-9,16,23H,2,5H2,1H3,(H,21,22);3-4,6-9,16,23H,1H3,(H,21,22);2-3,5-8,15,22H,1,4H2,(H,20,21)(H,23,24);3-6,10H,7,12H2,1-2H3;2-3H,1H3/t23-,24?;;;;10-;/m0...0./s1. The number of aliphatic carboxylic acids is 1. The Balaban J connectivity index is 0.000000182. The Morgan fingerprint density at radius 2 is 0.720 bits per heavy atom. The van der Waals surface area contributed by atoms with Crippen LogP contribution in [0.25, 0.3) is 43.6 Å². The van der Waals surface area contributed by atoms with E-state index in [1.807, 2.05) is 60.7 Å². The molecule has 0 radical (unpaired) electrons. The normalized spacial score (nSPS) is 12.3. The van der Waals surface area contributed by atoms with Crippen molar-refractivity contribution in [1.29, 1.82) is 0 Å². The lowest BCUT2D eigenvalue weighted by Gasteiger charge is -2.17. The molecule has 143 heavy (non-hydrogen) atoms. The number of aliphatic hydroxyl groups is 4. The summed E-state index contributed by atoms with van der Waals surface area (Å²) in [5, 5.41) is 95.6. The first-order valence-electron chi connectivity index (χ1n) is 42.2. The van der Waals surface area contributed by atoms with Crippen LogP contribution in [0.3, 0.4) is 0 Å². The van der Waals surface area contributed by atoms with Crippen molar-refractivity contribution in [1.82, 2.24) is 46.1 Å². The number of hydrogen-bond donors (Lipinski definition) is 12. The van der Waals surface area contributed by atoms with Crippen LogP contribution in [-0.4, -0.2) is 183 Å². The monoisotopic (exact) mass is 2290 g/mol. The number of aromatic carboxylic acids is 1. The Kier molecular flexibility index (Phi) is 41.5. The molecule has 4 heterocycles. The minimum Gasteiger partial charge on any atom is -0.480 e. The van der Waals surface area contributed by atoms with Crippen LogP contribution >= 0.6 is 139 Å². The van der Waals surface area contributed by atoms with Gasteiger partial charge < -0.3 is 60.6 Å². The predicted octanol–water partition coefficient (Wildman–Crippen LogP) is 20.2. The third kappa shape index (κ3) is 31.7. The number of aliphatic hydroxyl groups excluding tert-OH is 4. The molecule has 0 aliphatic carbocycles. The number of hydrogen-bond acceptors (Lipinski definition) is 24. The number of carboxylic acids is 2. The summed E-state index contributed by atoms with van der Waals surface area (Å²) in [6.45, 7) is 0. The number of carbonyl (C=O) groups is 7. The molecular weight excluding hydrogens is 2210 g/mol. The summed E-state index contributed by atoms with van der Waals surface area (Å²) in [5.74, 6) is 0.0427. The van der Waals surface area contributed by atoms with Gasteiger partial charge in [-0.05, 0) is 227 Å². The molecule has 748 valence electrons. The Bertz CT molecular complexity index is 7440. The van der Waals surface area contributed by atoms with Crippen LogP contribution in [0.1, 0.15) is 151 Å². The van der Waals surface area contributed by atoms with Crippen molar-refractivity contribution < 1.29 is 100.0 Å². The Morgan fingerprint density at radius 1 is 0.406 bits per heavy atom. The minimum absolute atomic E-state index is 0.0339. The van der Waals surface area contributed by atoms with Gasteiger partial charge >= 0.3 is 35.8 Å². The van der Waals surface area contributed by atoms with Gasteiger partial charge in [0.05, 0.1) is 181 Å². The number of H-pyrrole nitrogens is 4. The molecule has 4 unspecified atom stereocenters. The first-order chi connectivity index (χ1) is 67.8. The number of sulfone groups is 2. The van der Waals surface area contributed by atoms with Crippen molar-refractivity contribution in [3.8, 4) is 11.8 Å². The van der Waals surface area contributed by atoms with E-state index in [0.29, 0.717) is 76.4 Å². The third-order valence-electron chi connectivity index (χ3n) is 21.4. The fourth-order valence-electron chi connectivity index (χ4n) is 14.0. The summed E-state index contributed by atoms with van der Waals surface area (Å²) < 4.78 is 65.5. The van der Waals surface area contributed by atoms with Gasteiger partial charge in [0.15, 0.2) is 19.7 Å². The molecule has 15 rings (SSSR count). The predicted molar refractivity (Wildman–Crippen MR) is 557 cm³/mol. The first-order valence-corrected chi connectivity index (χ1v) is 50.9. The zero-order valence-corrected chi connectivity index (χ0v) is 87.2. The molecule has 44 heteroatoms. The van der Waals surface area contributed by atoms with Crippen LogP contribution < -0.4 is 11.1 Å². The van der Waals surface area contributed by atoms with E-state index in [4.69, 9.17) is 127 Å². The first kappa shape index (κ1) is 113. The number of methoxy groups -OCH3 is 4. The van der Waals surface area contributed by atoms with Crippen molar-refractivity contribution in [2.45, 2.75) is 97.7 Å². The van der Waals surface area contributed by atoms with Gasteiger partial charge in [0, 0.05) is 49.6 Å². The van der Waals surface area contributed by atoms with Crippen LogP contribution in [-0.2, 0) is 80.3 Å². The average Bonchev–Trinajstić information content (AvgIpc) is 1.84. The number of halogens is 11. The lowest BCUT2D eigenvalue weighted by Crippen LogP contribution is -2.42. The summed E-state index contributed by atoms with van der Waals surface area (Å²) in [7, 11) is -1.67.